The Morgan fingerprint density at radius 1 is 1.32 bits per heavy atom. The molecule has 100 valence electrons. The van der Waals surface area contributed by atoms with Crippen LogP contribution in [0.3, 0.4) is 0 Å². The van der Waals surface area contributed by atoms with Gasteiger partial charge in [-0.2, -0.15) is 4.98 Å². The number of hydrogen-bond donors (Lipinski definition) is 1. The molecule has 3 rings (SSSR count). The molecule has 0 radical (unpaired) electrons. The zero-order valence-electron chi connectivity index (χ0n) is 11.3. The second kappa shape index (κ2) is 4.74. The highest BCUT2D eigenvalue weighted by atomic mass is 16.5. The standard InChI is InChI=1S/C14H18N4O/c1-8-6-9(2)12(16-7-8)13-17-14(19-18-13)10-4-3-5-11(10)15/h6-7,10-11H,3-5,15H2,1-2H3. The van der Waals surface area contributed by atoms with Gasteiger partial charge in [0.25, 0.3) is 0 Å². The Balaban J connectivity index is 1.92. The minimum absolute atomic E-state index is 0.139. The van der Waals surface area contributed by atoms with E-state index in [0.717, 1.165) is 36.1 Å². The topological polar surface area (TPSA) is 77.8 Å². The molecule has 2 heterocycles. The molecule has 2 aromatic rings. The summed E-state index contributed by atoms with van der Waals surface area (Å²) in [6, 6.07) is 2.21. The van der Waals surface area contributed by atoms with Crippen LogP contribution in [-0.4, -0.2) is 21.2 Å². The Kier molecular flexibility index (Phi) is 3.06. The van der Waals surface area contributed by atoms with Crippen molar-refractivity contribution < 1.29 is 4.52 Å². The molecule has 2 N–H and O–H groups in total. The minimum atomic E-state index is 0.139. The molecular formula is C14H18N4O. The average molecular weight is 258 g/mol. The van der Waals surface area contributed by atoms with Crippen molar-refractivity contribution in [1.82, 2.24) is 15.1 Å². The fourth-order valence-corrected chi connectivity index (χ4v) is 2.73. The van der Waals surface area contributed by atoms with E-state index in [2.05, 4.69) is 21.2 Å². The maximum atomic E-state index is 6.07. The van der Waals surface area contributed by atoms with Gasteiger partial charge in [0.05, 0.1) is 5.92 Å². The van der Waals surface area contributed by atoms with Gasteiger partial charge in [0, 0.05) is 12.2 Å². The van der Waals surface area contributed by atoms with E-state index in [1.165, 1.54) is 0 Å². The lowest BCUT2D eigenvalue weighted by molar-refractivity contribution is 0.345. The predicted octanol–water partition coefficient (Wildman–Crippen LogP) is 2.34. The summed E-state index contributed by atoms with van der Waals surface area (Å²) in [7, 11) is 0. The fourth-order valence-electron chi connectivity index (χ4n) is 2.73. The average Bonchev–Trinajstić information content (AvgIpc) is 2.97. The zero-order valence-corrected chi connectivity index (χ0v) is 11.3. The van der Waals surface area contributed by atoms with Crippen molar-refractivity contribution in [3.05, 3.63) is 29.3 Å². The summed E-state index contributed by atoms with van der Waals surface area (Å²) in [6.45, 7) is 4.02. The van der Waals surface area contributed by atoms with E-state index in [9.17, 15) is 0 Å². The number of nitrogens with two attached hydrogens (primary N) is 1. The molecule has 2 aromatic heterocycles. The molecular weight excluding hydrogens is 240 g/mol. The normalized spacial score (nSPS) is 22.9. The van der Waals surface area contributed by atoms with Gasteiger partial charge in [-0.15, -0.1) is 0 Å². The van der Waals surface area contributed by atoms with Gasteiger partial charge in [0.15, 0.2) is 0 Å². The van der Waals surface area contributed by atoms with Crippen molar-refractivity contribution in [3.8, 4) is 11.5 Å². The SMILES string of the molecule is Cc1cnc(-c2noc(C3CCCC3N)n2)c(C)c1. The van der Waals surface area contributed by atoms with Gasteiger partial charge >= 0.3 is 0 Å². The number of aryl methyl sites for hydroxylation is 2. The largest absolute Gasteiger partial charge is 0.339 e. The second-order valence-corrected chi connectivity index (χ2v) is 5.34. The van der Waals surface area contributed by atoms with Crippen molar-refractivity contribution in [2.75, 3.05) is 0 Å². The van der Waals surface area contributed by atoms with Gasteiger partial charge in [-0.05, 0) is 37.8 Å². The third-order valence-electron chi connectivity index (χ3n) is 3.76. The number of rotatable bonds is 2. The third kappa shape index (κ3) is 2.26. The molecule has 1 aliphatic carbocycles. The molecule has 0 bridgehead atoms. The summed E-state index contributed by atoms with van der Waals surface area (Å²) in [5, 5.41) is 4.05. The molecule has 19 heavy (non-hydrogen) atoms. The molecule has 0 saturated heterocycles. The molecule has 0 amide bonds. The number of aromatic nitrogens is 3. The van der Waals surface area contributed by atoms with Gasteiger partial charge in [-0.1, -0.05) is 17.6 Å². The molecule has 5 heteroatoms. The highest BCUT2D eigenvalue weighted by molar-refractivity contribution is 5.54. The fraction of sp³-hybridized carbons (Fsp3) is 0.500. The quantitative estimate of drug-likeness (QED) is 0.894. The van der Waals surface area contributed by atoms with Gasteiger partial charge in [0.2, 0.25) is 11.7 Å². The summed E-state index contributed by atoms with van der Waals surface area (Å²) in [4.78, 5) is 8.87. The van der Waals surface area contributed by atoms with Crippen LogP contribution in [0.4, 0.5) is 0 Å². The first-order chi connectivity index (χ1) is 9.15. The van der Waals surface area contributed by atoms with E-state index in [1.807, 2.05) is 20.0 Å². The predicted molar refractivity (Wildman–Crippen MR) is 71.6 cm³/mol. The van der Waals surface area contributed by atoms with Gasteiger partial charge in [-0.25, -0.2) is 0 Å². The van der Waals surface area contributed by atoms with Gasteiger partial charge in [0.1, 0.15) is 5.69 Å². The van der Waals surface area contributed by atoms with E-state index >= 15 is 0 Å². The van der Waals surface area contributed by atoms with Crippen LogP contribution in [0.5, 0.6) is 0 Å². The smallest absolute Gasteiger partial charge is 0.231 e. The lowest BCUT2D eigenvalue weighted by Gasteiger charge is -2.08. The van der Waals surface area contributed by atoms with Crippen molar-refractivity contribution >= 4 is 0 Å². The first-order valence-corrected chi connectivity index (χ1v) is 6.68. The third-order valence-corrected chi connectivity index (χ3v) is 3.76. The number of nitrogens with zero attached hydrogens (tertiary/aromatic N) is 3. The first-order valence-electron chi connectivity index (χ1n) is 6.68. The highest BCUT2D eigenvalue weighted by Crippen LogP contribution is 2.33. The Bertz CT molecular complexity index is 593. The second-order valence-electron chi connectivity index (χ2n) is 5.34. The highest BCUT2D eigenvalue weighted by Gasteiger charge is 2.30. The zero-order chi connectivity index (χ0) is 13.4. The molecule has 1 aliphatic rings. The Hall–Kier alpha value is -1.75. The van der Waals surface area contributed by atoms with E-state index in [4.69, 9.17) is 10.3 Å². The van der Waals surface area contributed by atoms with E-state index in [0.29, 0.717) is 11.7 Å². The molecule has 5 nitrogen and oxygen atoms in total. The van der Waals surface area contributed by atoms with Crippen LogP contribution >= 0.6 is 0 Å². The van der Waals surface area contributed by atoms with E-state index in [-0.39, 0.29) is 12.0 Å². The number of hydrogen-bond acceptors (Lipinski definition) is 5. The van der Waals surface area contributed by atoms with Crippen molar-refractivity contribution in [1.29, 1.82) is 0 Å². The minimum Gasteiger partial charge on any atom is -0.339 e. The van der Waals surface area contributed by atoms with Crippen LogP contribution in [-0.2, 0) is 0 Å². The van der Waals surface area contributed by atoms with Crippen molar-refractivity contribution in [2.45, 2.75) is 45.1 Å². The summed E-state index contributed by atoms with van der Waals surface area (Å²) < 4.78 is 5.38. The van der Waals surface area contributed by atoms with E-state index in [1.54, 1.807) is 0 Å². The maximum absolute atomic E-state index is 6.07. The van der Waals surface area contributed by atoms with Crippen molar-refractivity contribution in [3.63, 3.8) is 0 Å². The van der Waals surface area contributed by atoms with E-state index < -0.39 is 0 Å². The molecule has 1 saturated carbocycles. The molecule has 0 aliphatic heterocycles. The first kappa shape index (κ1) is 12.3. The van der Waals surface area contributed by atoms with Crippen molar-refractivity contribution in [2.24, 2.45) is 5.73 Å². The summed E-state index contributed by atoms with van der Waals surface area (Å²) >= 11 is 0. The van der Waals surface area contributed by atoms with Crippen LogP contribution in [0, 0.1) is 13.8 Å². The van der Waals surface area contributed by atoms with Gasteiger partial charge < -0.3 is 10.3 Å². The molecule has 0 spiro atoms. The lowest BCUT2D eigenvalue weighted by atomic mass is 10.1. The maximum Gasteiger partial charge on any atom is 0.231 e. The van der Waals surface area contributed by atoms with Gasteiger partial charge in [-0.3, -0.25) is 4.98 Å². The summed E-state index contributed by atoms with van der Waals surface area (Å²) in [5.74, 6) is 1.42. The molecule has 2 unspecified atom stereocenters. The molecule has 1 fully saturated rings. The van der Waals surface area contributed by atoms with Crippen LogP contribution < -0.4 is 5.73 Å². The van der Waals surface area contributed by atoms with Crippen LogP contribution in [0.15, 0.2) is 16.8 Å². The van der Waals surface area contributed by atoms with Crippen LogP contribution in [0.1, 0.15) is 42.2 Å². The Morgan fingerprint density at radius 2 is 2.16 bits per heavy atom. The van der Waals surface area contributed by atoms with Crippen LogP contribution in [0.2, 0.25) is 0 Å². The monoisotopic (exact) mass is 258 g/mol. The lowest BCUT2D eigenvalue weighted by Crippen LogP contribution is -2.22. The van der Waals surface area contributed by atoms with Crippen LogP contribution in [0.25, 0.3) is 11.5 Å². The Labute approximate surface area is 112 Å². The summed E-state index contributed by atoms with van der Waals surface area (Å²) in [6.07, 6.45) is 5.01. The molecule has 0 aromatic carbocycles. The number of pyridine rings is 1. The molecule has 2 atom stereocenters. The summed E-state index contributed by atoms with van der Waals surface area (Å²) in [5.41, 5.74) is 9.04. The Morgan fingerprint density at radius 3 is 2.84 bits per heavy atom.